The maximum atomic E-state index is 13.6. The molecular weight excluding hydrogens is 430 g/mol. The maximum Gasteiger partial charge on any atom is 0.257 e. The van der Waals surface area contributed by atoms with Crippen LogP contribution in [0.3, 0.4) is 0 Å². The van der Waals surface area contributed by atoms with Crippen LogP contribution in [0.5, 0.6) is 0 Å². The summed E-state index contributed by atoms with van der Waals surface area (Å²) in [6, 6.07) is 17.5. The Balaban J connectivity index is 1.61. The fourth-order valence-electron chi connectivity index (χ4n) is 4.61. The highest BCUT2D eigenvalue weighted by atomic mass is 32.1. The molecule has 1 aliphatic carbocycles. The molecule has 0 radical (unpaired) electrons. The average molecular weight is 456 g/mol. The minimum Gasteiger partial charge on any atom is -0.365 e. The highest BCUT2D eigenvalue weighted by Crippen LogP contribution is 2.40. The van der Waals surface area contributed by atoms with Crippen LogP contribution in [-0.2, 0) is 12.8 Å². The summed E-state index contributed by atoms with van der Waals surface area (Å²) in [4.78, 5) is 31.9. The summed E-state index contributed by atoms with van der Waals surface area (Å²) in [5.41, 5.74) is 11.2. The van der Waals surface area contributed by atoms with Gasteiger partial charge < -0.3 is 11.1 Å². The highest BCUT2D eigenvalue weighted by Gasteiger charge is 2.28. The molecule has 5 nitrogen and oxygen atoms in total. The van der Waals surface area contributed by atoms with Crippen molar-refractivity contribution in [1.29, 1.82) is 0 Å². The molecule has 6 heteroatoms. The van der Waals surface area contributed by atoms with Gasteiger partial charge in [0.1, 0.15) is 5.00 Å². The third kappa shape index (κ3) is 3.91. The molecule has 2 aromatic heterocycles. The second-order valence-electron chi connectivity index (χ2n) is 8.77. The number of aryl methyl sites for hydroxylation is 1. The number of anilines is 1. The molecule has 0 bridgehead atoms. The molecule has 0 fully saturated rings. The fraction of sp³-hybridized carbons (Fsp3) is 0.222. The number of benzene rings is 2. The van der Waals surface area contributed by atoms with Crippen molar-refractivity contribution in [1.82, 2.24) is 4.98 Å². The van der Waals surface area contributed by atoms with E-state index < -0.39 is 5.91 Å². The topological polar surface area (TPSA) is 85.1 Å². The summed E-state index contributed by atoms with van der Waals surface area (Å²) in [5, 5.41) is 4.35. The average Bonchev–Trinajstić information content (AvgIpc) is 3.16. The quantitative estimate of drug-likeness (QED) is 0.411. The summed E-state index contributed by atoms with van der Waals surface area (Å²) in [6.45, 7) is 4.20. The Bertz CT molecular complexity index is 1390. The number of thiophene rings is 1. The summed E-state index contributed by atoms with van der Waals surface area (Å²) in [7, 11) is 0. The van der Waals surface area contributed by atoms with Crippen LogP contribution in [0.4, 0.5) is 5.00 Å². The number of carbonyl (C=O) groups is 2. The van der Waals surface area contributed by atoms with Crippen molar-refractivity contribution < 1.29 is 9.59 Å². The molecule has 2 amide bonds. The number of amides is 2. The lowest BCUT2D eigenvalue weighted by Crippen LogP contribution is -2.19. The lowest BCUT2D eigenvalue weighted by atomic mass is 9.88. The van der Waals surface area contributed by atoms with Gasteiger partial charge in [-0.3, -0.25) is 9.59 Å². The number of para-hydroxylation sites is 1. The Kier molecular flexibility index (Phi) is 5.46. The van der Waals surface area contributed by atoms with E-state index >= 15 is 0 Å². The Labute approximate surface area is 196 Å². The number of pyridine rings is 1. The van der Waals surface area contributed by atoms with E-state index in [4.69, 9.17) is 10.7 Å². The molecule has 0 unspecified atom stereocenters. The largest absolute Gasteiger partial charge is 0.365 e. The zero-order valence-corrected chi connectivity index (χ0v) is 19.5. The number of carbonyl (C=O) groups excluding carboxylic acids is 2. The predicted molar refractivity (Wildman–Crippen MR) is 134 cm³/mol. The molecule has 0 saturated carbocycles. The van der Waals surface area contributed by atoms with Crippen LogP contribution in [0.15, 0.2) is 54.6 Å². The Hall–Kier alpha value is -3.51. The number of nitrogens with zero attached hydrogens (tertiary/aromatic N) is 1. The number of primary amides is 1. The number of rotatable bonds is 4. The monoisotopic (exact) mass is 455 g/mol. The molecule has 166 valence electrons. The summed E-state index contributed by atoms with van der Waals surface area (Å²) in [6.07, 6.45) is 2.74. The molecule has 3 N–H and O–H groups in total. The van der Waals surface area contributed by atoms with E-state index in [9.17, 15) is 9.59 Å². The van der Waals surface area contributed by atoms with Crippen LogP contribution in [0.1, 0.15) is 50.1 Å². The number of nitrogens with two attached hydrogens (primary N) is 1. The van der Waals surface area contributed by atoms with Crippen LogP contribution in [0.25, 0.3) is 22.2 Å². The summed E-state index contributed by atoms with van der Waals surface area (Å²) in [5.74, 6) is -0.196. The van der Waals surface area contributed by atoms with E-state index in [1.54, 1.807) is 0 Å². The van der Waals surface area contributed by atoms with E-state index in [2.05, 4.69) is 12.2 Å². The SMILES string of the molecule is Cc1cccc2c(C(=O)Nc3sc4c(c3C(N)=O)CC[C@H](C)C4)cc(-c3ccccc3)nc12. The van der Waals surface area contributed by atoms with Gasteiger partial charge >= 0.3 is 0 Å². The highest BCUT2D eigenvalue weighted by molar-refractivity contribution is 7.17. The van der Waals surface area contributed by atoms with Gasteiger partial charge in [-0.2, -0.15) is 0 Å². The van der Waals surface area contributed by atoms with Gasteiger partial charge in [0.05, 0.1) is 22.3 Å². The maximum absolute atomic E-state index is 13.6. The minimum absolute atomic E-state index is 0.265. The lowest BCUT2D eigenvalue weighted by molar-refractivity contribution is 0.1000. The molecule has 2 heterocycles. The first-order valence-electron chi connectivity index (χ1n) is 11.1. The van der Waals surface area contributed by atoms with E-state index in [-0.39, 0.29) is 5.91 Å². The van der Waals surface area contributed by atoms with Gasteiger partial charge in [-0.15, -0.1) is 11.3 Å². The van der Waals surface area contributed by atoms with Crippen LogP contribution in [0.2, 0.25) is 0 Å². The fourth-order valence-corrected chi connectivity index (χ4v) is 6.02. The molecule has 0 saturated heterocycles. The molecule has 1 aliphatic rings. The van der Waals surface area contributed by atoms with Gasteiger partial charge in [0.25, 0.3) is 11.8 Å². The normalized spacial score (nSPS) is 15.3. The Morgan fingerprint density at radius 3 is 2.67 bits per heavy atom. The first kappa shape index (κ1) is 21.3. The van der Waals surface area contributed by atoms with Crippen LogP contribution >= 0.6 is 11.3 Å². The molecule has 5 rings (SSSR count). The van der Waals surface area contributed by atoms with Crippen molar-refractivity contribution in [3.63, 3.8) is 0 Å². The molecule has 0 aliphatic heterocycles. The van der Waals surface area contributed by atoms with Crippen LogP contribution < -0.4 is 11.1 Å². The minimum atomic E-state index is -0.488. The second-order valence-corrected chi connectivity index (χ2v) is 9.87. The Morgan fingerprint density at radius 1 is 1.12 bits per heavy atom. The second kappa shape index (κ2) is 8.45. The first-order valence-corrected chi connectivity index (χ1v) is 12.0. The molecular formula is C27H25N3O2S. The zero-order valence-electron chi connectivity index (χ0n) is 18.6. The van der Waals surface area contributed by atoms with E-state index in [1.807, 2.05) is 61.5 Å². The van der Waals surface area contributed by atoms with Gasteiger partial charge in [-0.1, -0.05) is 55.5 Å². The van der Waals surface area contributed by atoms with Crippen molar-refractivity contribution in [3.8, 4) is 11.3 Å². The standard InChI is InChI=1S/C27H25N3O2S/c1-15-11-12-19-22(13-15)33-27(23(19)25(28)31)30-26(32)20-14-21(17-8-4-3-5-9-17)29-24-16(2)7-6-10-18(20)24/h3-10,14-15H,11-13H2,1-2H3,(H2,28,31)(H,30,32)/t15-/m0/s1. The smallest absolute Gasteiger partial charge is 0.257 e. The van der Waals surface area contributed by atoms with Crippen LogP contribution in [0, 0.1) is 12.8 Å². The molecule has 33 heavy (non-hydrogen) atoms. The van der Waals surface area contributed by atoms with Gasteiger partial charge in [0.2, 0.25) is 0 Å². The predicted octanol–water partition coefficient (Wildman–Crippen LogP) is 5.75. The molecule has 4 aromatic rings. The van der Waals surface area contributed by atoms with E-state index in [0.29, 0.717) is 22.0 Å². The van der Waals surface area contributed by atoms with Gasteiger partial charge in [0, 0.05) is 15.8 Å². The first-order chi connectivity index (χ1) is 15.9. The third-order valence-electron chi connectivity index (χ3n) is 6.34. The van der Waals surface area contributed by atoms with E-state index in [0.717, 1.165) is 57.4 Å². The van der Waals surface area contributed by atoms with Crippen molar-refractivity contribution in [3.05, 3.63) is 81.7 Å². The van der Waals surface area contributed by atoms with E-state index in [1.165, 1.54) is 11.3 Å². The molecule has 1 atom stereocenters. The molecule has 2 aromatic carbocycles. The van der Waals surface area contributed by atoms with Gasteiger partial charge in [-0.25, -0.2) is 4.98 Å². The summed E-state index contributed by atoms with van der Waals surface area (Å²) >= 11 is 1.48. The number of aromatic nitrogens is 1. The number of hydrogen-bond acceptors (Lipinski definition) is 4. The van der Waals surface area contributed by atoms with Crippen LogP contribution in [-0.4, -0.2) is 16.8 Å². The van der Waals surface area contributed by atoms with Crippen molar-refractivity contribution >= 4 is 39.1 Å². The van der Waals surface area contributed by atoms with Gasteiger partial charge in [0.15, 0.2) is 0 Å². The number of fused-ring (bicyclic) bond motifs is 2. The van der Waals surface area contributed by atoms with Crippen molar-refractivity contribution in [2.45, 2.75) is 33.1 Å². The molecule has 0 spiro atoms. The zero-order chi connectivity index (χ0) is 23.1. The van der Waals surface area contributed by atoms with Crippen molar-refractivity contribution in [2.24, 2.45) is 11.7 Å². The Morgan fingerprint density at radius 2 is 1.91 bits per heavy atom. The number of nitrogens with one attached hydrogen (secondary N) is 1. The lowest BCUT2D eigenvalue weighted by Gasteiger charge is -2.18. The third-order valence-corrected chi connectivity index (χ3v) is 7.51. The van der Waals surface area contributed by atoms with Crippen molar-refractivity contribution in [2.75, 3.05) is 5.32 Å². The van der Waals surface area contributed by atoms with Gasteiger partial charge in [-0.05, 0) is 49.3 Å². The summed E-state index contributed by atoms with van der Waals surface area (Å²) < 4.78 is 0. The number of hydrogen-bond donors (Lipinski definition) is 2.